The molecule has 4 aromatic rings. The van der Waals surface area contributed by atoms with Crippen molar-refractivity contribution in [2.24, 2.45) is 0 Å². The van der Waals surface area contributed by atoms with E-state index in [1.165, 1.54) is 0 Å². The van der Waals surface area contributed by atoms with Gasteiger partial charge in [0.15, 0.2) is 5.82 Å². The first-order chi connectivity index (χ1) is 15.7. The maximum absolute atomic E-state index is 14.7. The molecule has 0 spiro atoms. The molecule has 32 heavy (non-hydrogen) atoms. The quantitative estimate of drug-likeness (QED) is 0.494. The van der Waals surface area contributed by atoms with Crippen LogP contribution in [-0.2, 0) is 4.74 Å². The van der Waals surface area contributed by atoms with Crippen molar-refractivity contribution < 1.29 is 9.13 Å². The first-order valence-corrected chi connectivity index (χ1v) is 10.7. The van der Waals surface area contributed by atoms with Gasteiger partial charge in [-0.2, -0.15) is 4.98 Å². The molecule has 0 aliphatic carbocycles. The number of hydrogen-bond donors (Lipinski definition) is 2. The van der Waals surface area contributed by atoms with Crippen LogP contribution < -0.4 is 10.6 Å². The van der Waals surface area contributed by atoms with E-state index in [-0.39, 0.29) is 6.04 Å². The number of alkyl halides is 1. The lowest BCUT2D eigenvalue weighted by Gasteiger charge is -2.34. The number of fused-ring (bicyclic) bond motifs is 2. The Kier molecular flexibility index (Phi) is 4.62. The molecular formula is C22H23FN8O. The van der Waals surface area contributed by atoms with E-state index in [1.54, 1.807) is 10.7 Å². The van der Waals surface area contributed by atoms with Crippen molar-refractivity contribution in [3.05, 3.63) is 42.7 Å². The monoisotopic (exact) mass is 434 g/mol. The molecule has 6 heterocycles. The van der Waals surface area contributed by atoms with Crippen LogP contribution in [0.15, 0.2) is 42.7 Å². The zero-order chi connectivity index (χ0) is 21.7. The Morgan fingerprint density at radius 1 is 1.09 bits per heavy atom. The van der Waals surface area contributed by atoms with E-state index in [0.29, 0.717) is 44.1 Å². The van der Waals surface area contributed by atoms with Crippen molar-refractivity contribution in [1.82, 2.24) is 29.5 Å². The summed E-state index contributed by atoms with van der Waals surface area (Å²) in [6.45, 7) is 2.37. The van der Waals surface area contributed by atoms with E-state index in [9.17, 15) is 4.39 Å². The predicted octanol–water partition coefficient (Wildman–Crippen LogP) is 2.21. The van der Waals surface area contributed by atoms with Crippen LogP contribution in [0.25, 0.3) is 27.8 Å². The van der Waals surface area contributed by atoms with Crippen LogP contribution in [0.1, 0.15) is 0 Å². The molecule has 2 saturated heterocycles. The van der Waals surface area contributed by atoms with E-state index in [2.05, 4.69) is 30.6 Å². The molecule has 2 N–H and O–H groups in total. The van der Waals surface area contributed by atoms with Crippen molar-refractivity contribution in [2.75, 3.05) is 44.0 Å². The lowest BCUT2D eigenvalue weighted by molar-refractivity contribution is -0.0585. The second kappa shape index (κ2) is 7.64. The molecular weight excluding hydrogens is 411 g/mol. The number of ether oxygens (including phenoxy) is 1. The van der Waals surface area contributed by atoms with Gasteiger partial charge in [-0.05, 0) is 30.3 Å². The molecule has 6 rings (SSSR count). The van der Waals surface area contributed by atoms with Crippen LogP contribution in [0.2, 0.25) is 0 Å². The van der Waals surface area contributed by atoms with Gasteiger partial charge in [0.05, 0.1) is 42.0 Å². The molecule has 2 fully saturated rings. The van der Waals surface area contributed by atoms with Crippen LogP contribution in [0, 0.1) is 0 Å². The zero-order valence-electron chi connectivity index (χ0n) is 17.6. The van der Waals surface area contributed by atoms with Gasteiger partial charge in [-0.15, -0.1) is 5.10 Å². The maximum atomic E-state index is 14.7. The number of nitrogens with one attached hydrogen (secondary N) is 2. The molecule has 164 valence electrons. The van der Waals surface area contributed by atoms with Gasteiger partial charge < -0.3 is 15.4 Å². The minimum atomic E-state index is -0.983. The Morgan fingerprint density at radius 3 is 2.81 bits per heavy atom. The van der Waals surface area contributed by atoms with Gasteiger partial charge >= 0.3 is 0 Å². The SMILES string of the molecule is CNc1nc(N[C@H]2CN(C3COC3)C[C@H]2F)nn2ccc(-c3ccc4ncccc4n3)c12. The van der Waals surface area contributed by atoms with Crippen molar-refractivity contribution in [3.8, 4) is 11.3 Å². The molecule has 2 atom stereocenters. The molecule has 0 saturated carbocycles. The van der Waals surface area contributed by atoms with Crippen LogP contribution >= 0.6 is 0 Å². The summed E-state index contributed by atoms with van der Waals surface area (Å²) in [6.07, 6.45) is 2.64. The molecule has 0 bridgehead atoms. The lowest BCUT2D eigenvalue weighted by atomic mass is 10.1. The average Bonchev–Trinajstić information content (AvgIpc) is 3.35. The summed E-state index contributed by atoms with van der Waals surface area (Å²) in [5, 5.41) is 11.0. The second-order valence-electron chi connectivity index (χ2n) is 8.21. The fourth-order valence-electron chi connectivity index (χ4n) is 4.40. The summed E-state index contributed by atoms with van der Waals surface area (Å²) in [4.78, 5) is 15.9. The summed E-state index contributed by atoms with van der Waals surface area (Å²) in [6, 6.07) is 9.63. The van der Waals surface area contributed by atoms with E-state index in [0.717, 1.165) is 27.8 Å². The summed E-state index contributed by atoms with van der Waals surface area (Å²) in [5.41, 5.74) is 4.20. The Hall–Kier alpha value is -3.37. The number of rotatable bonds is 5. The molecule has 0 amide bonds. The average molecular weight is 434 g/mol. The van der Waals surface area contributed by atoms with Gasteiger partial charge in [-0.1, -0.05) is 0 Å². The first-order valence-electron chi connectivity index (χ1n) is 10.7. The van der Waals surface area contributed by atoms with Crippen LogP contribution in [0.5, 0.6) is 0 Å². The highest BCUT2D eigenvalue weighted by atomic mass is 19.1. The number of hydrogen-bond acceptors (Lipinski definition) is 8. The minimum absolute atomic E-state index is 0.313. The highest BCUT2D eigenvalue weighted by molar-refractivity contribution is 5.89. The largest absolute Gasteiger partial charge is 0.378 e. The highest BCUT2D eigenvalue weighted by Crippen LogP contribution is 2.30. The Balaban J connectivity index is 1.32. The Labute approximate surface area is 183 Å². The standard InChI is InChI=1S/C22H23FN8O/c1-24-21-20-14(16-4-5-17-18(26-16)3-2-7-25-17)6-8-31(20)29-22(28-21)27-19-10-30(9-15(19)23)13-11-32-12-13/h2-8,13,15,19H,9-12H2,1H3,(H2,24,27,28,29)/t15-,19+/m1/s1. The third kappa shape index (κ3) is 3.23. The normalized spacial score (nSPS) is 21.8. The lowest BCUT2D eigenvalue weighted by Crippen LogP contribution is -2.48. The molecule has 0 unspecified atom stereocenters. The van der Waals surface area contributed by atoms with Crippen molar-refractivity contribution >= 4 is 28.3 Å². The summed E-state index contributed by atoms with van der Waals surface area (Å²) in [7, 11) is 1.81. The van der Waals surface area contributed by atoms with E-state index in [4.69, 9.17) is 9.72 Å². The van der Waals surface area contributed by atoms with Crippen molar-refractivity contribution in [2.45, 2.75) is 18.3 Å². The number of anilines is 2. The number of pyridine rings is 2. The first kappa shape index (κ1) is 19.3. The predicted molar refractivity (Wildman–Crippen MR) is 120 cm³/mol. The zero-order valence-corrected chi connectivity index (χ0v) is 17.6. The summed E-state index contributed by atoms with van der Waals surface area (Å²) in [5.74, 6) is 1.03. The Morgan fingerprint density at radius 2 is 2.00 bits per heavy atom. The number of halogens is 1. The molecule has 0 radical (unpaired) electrons. The van der Waals surface area contributed by atoms with Crippen LogP contribution in [0.4, 0.5) is 16.2 Å². The highest BCUT2D eigenvalue weighted by Gasteiger charge is 2.39. The third-order valence-electron chi connectivity index (χ3n) is 6.21. The molecule has 9 nitrogen and oxygen atoms in total. The second-order valence-corrected chi connectivity index (χ2v) is 8.21. The molecule has 2 aliphatic rings. The topological polar surface area (TPSA) is 92.5 Å². The van der Waals surface area contributed by atoms with Gasteiger partial charge in [-0.3, -0.25) is 9.88 Å². The number of aromatic nitrogens is 5. The van der Waals surface area contributed by atoms with Gasteiger partial charge in [0.25, 0.3) is 0 Å². The fraction of sp³-hybridized carbons (Fsp3) is 0.364. The van der Waals surface area contributed by atoms with Crippen LogP contribution in [0.3, 0.4) is 0 Å². The van der Waals surface area contributed by atoms with Gasteiger partial charge in [0.1, 0.15) is 11.7 Å². The minimum Gasteiger partial charge on any atom is -0.378 e. The Bertz CT molecular complexity index is 1290. The van der Waals surface area contributed by atoms with Gasteiger partial charge in [-0.25, -0.2) is 13.9 Å². The molecule has 10 heteroatoms. The van der Waals surface area contributed by atoms with E-state index >= 15 is 0 Å². The van der Waals surface area contributed by atoms with Crippen LogP contribution in [-0.4, -0.2) is 81.1 Å². The van der Waals surface area contributed by atoms with Gasteiger partial charge in [0, 0.05) is 38.1 Å². The van der Waals surface area contributed by atoms with E-state index < -0.39 is 6.17 Å². The molecule has 2 aliphatic heterocycles. The number of nitrogens with zero attached hydrogens (tertiary/aromatic N) is 6. The van der Waals surface area contributed by atoms with Gasteiger partial charge in [0.2, 0.25) is 5.95 Å². The number of likely N-dealkylation sites (tertiary alicyclic amines) is 1. The molecule has 4 aromatic heterocycles. The summed E-state index contributed by atoms with van der Waals surface area (Å²) >= 11 is 0. The van der Waals surface area contributed by atoms with E-state index in [1.807, 2.05) is 43.6 Å². The smallest absolute Gasteiger partial charge is 0.243 e. The van der Waals surface area contributed by atoms with Crippen molar-refractivity contribution in [1.29, 1.82) is 0 Å². The third-order valence-corrected chi connectivity index (χ3v) is 6.21. The fourth-order valence-corrected chi connectivity index (χ4v) is 4.40. The maximum Gasteiger partial charge on any atom is 0.243 e. The summed E-state index contributed by atoms with van der Waals surface area (Å²) < 4.78 is 21.7. The molecule has 0 aromatic carbocycles. The van der Waals surface area contributed by atoms with Crippen molar-refractivity contribution in [3.63, 3.8) is 0 Å².